The third kappa shape index (κ3) is 8.06. The Labute approximate surface area is 98.8 Å². The number of carboxylic acids is 2. The topological polar surface area (TPSA) is 113 Å². The molecule has 17 heavy (non-hydrogen) atoms. The minimum Gasteiger partial charge on any atom is -0.481 e. The van der Waals surface area contributed by atoms with E-state index in [-0.39, 0.29) is 25.4 Å². The van der Waals surface area contributed by atoms with Crippen LogP contribution >= 0.6 is 0 Å². The van der Waals surface area contributed by atoms with Crippen molar-refractivity contribution in [3.8, 4) is 0 Å². The van der Waals surface area contributed by atoms with Gasteiger partial charge in [0.2, 0.25) is 0 Å². The molecule has 0 saturated heterocycles. The van der Waals surface area contributed by atoms with Crippen LogP contribution in [0.15, 0.2) is 0 Å². The molecule has 0 radical (unpaired) electrons. The van der Waals surface area contributed by atoms with Gasteiger partial charge in [-0.1, -0.05) is 13.8 Å². The van der Waals surface area contributed by atoms with E-state index in [1.807, 2.05) is 13.8 Å². The molecule has 0 aromatic heterocycles. The van der Waals surface area contributed by atoms with Crippen LogP contribution in [0, 0.1) is 5.92 Å². The molecule has 1 atom stereocenters. The number of ether oxygens (including phenoxy) is 1. The number of carbonyl (C=O) groups excluding carboxylic acids is 1. The number of amides is 1. The lowest BCUT2D eigenvalue weighted by atomic mass is 10.1. The normalized spacial score (nSPS) is 11.9. The summed E-state index contributed by atoms with van der Waals surface area (Å²) < 4.78 is 4.73. The van der Waals surface area contributed by atoms with E-state index in [4.69, 9.17) is 14.9 Å². The zero-order valence-corrected chi connectivity index (χ0v) is 9.80. The Hall–Kier alpha value is -1.79. The smallest absolute Gasteiger partial charge is 0.407 e. The fraction of sp³-hybridized carbons (Fsp3) is 0.700. The average Bonchev–Trinajstić information content (AvgIpc) is 2.20. The Bertz CT molecular complexity index is 289. The Morgan fingerprint density at radius 3 is 2.24 bits per heavy atom. The van der Waals surface area contributed by atoms with Crippen LogP contribution in [-0.4, -0.2) is 40.9 Å². The van der Waals surface area contributed by atoms with Gasteiger partial charge in [0, 0.05) is 6.42 Å². The van der Waals surface area contributed by atoms with Crippen LogP contribution in [0.3, 0.4) is 0 Å². The molecule has 0 aliphatic carbocycles. The summed E-state index contributed by atoms with van der Waals surface area (Å²) >= 11 is 0. The van der Waals surface area contributed by atoms with Crippen molar-refractivity contribution in [2.24, 2.45) is 5.92 Å². The summed E-state index contributed by atoms with van der Waals surface area (Å²) in [5, 5.41) is 19.3. The molecule has 0 spiro atoms. The first-order valence-corrected chi connectivity index (χ1v) is 5.20. The SMILES string of the molecule is CC(C)COC(=O)N[C@@H](CCC(=O)O)C(=O)O. The van der Waals surface area contributed by atoms with Gasteiger partial charge in [0.1, 0.15) is 6.04 Å². The van der Waals surface area contributed by atoms with E-state index in [0.717, 1.165) is 0 Å². The van der Waals surface area contributed by atoms with Gasteiger partial charge in [-0.15, -0.1) is 0 Å². The van der Waals surface area contributed by atoms with Gasteiger partial charge in [0.15, 0.2) is 0 Å². The third-order valence-electron chi connectivity index (χ3n) is 1.78. The summed E-state index contributed by atoms with van der Waals surface area (Å²) in [5.41, 5.74) is 0. The molecule has 0 aliphatic heterocycles. The molecule has 1 amide bonds. The Morgan fingerprint density at radius 2 is 1.82 bits per heavy atom. The lowest BCUT2D eigenvalue weighted by Crippen LogP contribution is -2.41. The summed E-state index contributed by atoms with van der Waals surface area (Å²) in [6, 6.07) is -1.24. The van der Waals surface area contributed by atoms with Crippen molar-refractivity contribution in [2.45, 2.75) is 32.7 Å². The van der Waals surface area contributed by atoms with Crippen molar-refractivity contribution < 1.29 is 29.3 Å². The summed E-state index contributed by atoms with van der Waals surface area (Å²) in [6.07, 6.45) is -1.36. The predicted molar refractivity (Wildman–Crippen MR) is 57.6 cm³/mol. The Balaban J connectivity index is 4.11. The van der Waals surface area contributed by atoms with Gasteiger partial charge in [0.05, 0.1) is 6.61 Å². The van der Waals surface area contributed by atoms with E-state index in [1.54, 1.807) is 0 Å². The first kappa shape index (κ1) is 15.2. The quantitative estimate of drug-likeness (QED) is 0.610. The van der Waals surface area contributed by atoms with E-state index in [1.165, 1.54) is 0 Å². The van der Waals surface area contributed by atoms with Crippen LogP contribution < -0.4 is 5.32 Å². The molecule has 0 fully saturated rings. The lowest BCUT2D eigenvalue weighted by molar-refractivity contribution is -0.140. The van der Waals surface area contributed by atoms with E-state index in [9.17, 15) is 14.4 Å². The number of nitrogens with one attached hydrogen (secondary N) is 1. The highest BCUT2D eigenvalue weighted by molar-refractivity contribution is 5.80. The van der Waals surface area contributed by atoms with E-state index >= 15 is 0 Å². The molecule has 0 bridgehead atoms. The first-order valence-electron chi connectivity index (χ1n) is 5.20. The standard InChI is InChI=1S/C10H17NO6/c1-6(2)5-17-10(16)11-7(9(14)15)3-4-8(12)13/h6-7H,3-5H2,1-2H3,(H,11,16)(H,12,13)(H,14,15)/t7-/m0/s1. The van der Waals surface area contributed by atoms with E-state index in [2.05, 4.69) is 5.32 Å². The molecule has 0 heterocycles. The predicted octanol–water partition coefficient (Wildman–Crippen LogP) is 0.687. The number of carbonyl (C=O) groups is 3. The zero-order chi connectivity index (χ0) is 13.4. The summed E-state index contributed by atoms with van der Waals surface area (Å²) in [5.74, 6) is -2.26. The monoisotopic (exact) mass is 247 g/mol. The Morgan fingerprint density at radius 1 is 1.24 bits per heavy atom. The fourth-order valence-corrected chi connectivity index (χ4v) is 0.951. The molecule has 0 saturated carbocycles. The van der Waals surface area contributed by atoms with Crippen LogP contribution in [-0.2, 0) is 14.3 Å². The van der Waals surface area contributed by atoms with Gasteiger partial charge in [-0.2, -0.15) is 0 Å². The maximum Gasteiger partial charge on any atom is 0.407 e. The van der Waals surface area contributed by atoms with Gasteiger partial charge in [-0.05, 0) is 12.3 Å². The fourth-order valence-electron chi connectivity index (χ4n) is 0.951. The highest BCUT2D eigenvalue weighted by Crippen LogP contribution is 2.00. The molecule has 0 aromatic carbocycles. The molecule has 0 aliphatic rings. The molecule has 3 N–H and O–H groups in total. The Kier molecular flexibility index (Phi) is 6.69. The molecule has 0 aromatic rings. The number of alkyl carbamates (subject to hydrolysis) is 1. The second kappa shape index (κ2) is 7.48. The van der Waals surface area contributed by atoms with Crippen LogP contribution in [0.25, 0.3) is 0 Å². The van der Waals surface area contributed by atoms with Crippen LogP contribution in [0.4, 0.5) is 4.79 Å². The maximum absolute atomic E-state index is 11.2. The largest absolute Gasteiger partial charge is 0.481 e. The molecular weight excluding hydrogens is 230 g/mol. The molecule has 7 heteroatoms. The van der Waals surface area contributed by atoms with Gasteiger partial charge in [-0.3, -0.25) is 4.79 Å². The highest BCUT2D eigenvalue weighted by atomic mass is 16.5. The number of aliphatic carboxylic acids is 2. The number of hydrogen-bond donors (Lipinski definition) is 3. The van der Waals surface area contributed by atoms with Crippen molar-refractivity contribution in [3.05, 3.63) is 0 Å². The zero-order valence-electron chi connectivity index (χ0n) is 9.80. The van der Waals surface area contributed by atoms with Gasteiger partial charge in [-0.25, -0.2) is 9.59 Å². The van der Waals surface area contributed by atoms with Crippen molar-refractivity contribution in [1.29, 1.82) is 0 Å². The maximum atomic E-state index is 11.2. The highest BCUT2D eigenvalue weighted by Gasteiger charge is 2.21. The van der Waals surface area contributed by atoms with Crippen LogP contribution in [0.1, 0.15) is 26.7 Å². The molecule has 0 unspecified atom stereocenters. The van der Waals surface area contributed by atoms with Crippen molar-refractivity contribution in [1.82, 2.24) is 5.32 Å². The minimum absolute atomic E-state index is 0.142. The third-order valence-corrected chi connectivity index (χ3v) is 1.78. The van der Waals surface area contributed by atoms with Gasteiger partial charge < -0.3 is 20.3 Å². The van der Waals surface area contributed by atoms with E-state index < -0.39 is 24.1 Å². The summed E-state index contributed by atoms with van der Waals surface area (Å²) in [7, 11) is 0. The molecule has 0 rings (SSSR count). The van der Waals surface area contributed by atoms with E-state index in [0.29, 0.717) is 0 Å². The van der Waals surface area contributed by atoms with Crippen molar-refractivity contribution in [3.63, 3.8) is 0 Å². The number of carboxylic acid groups (broad SMARTS) is 2. The summed E-state index contributed by atoms with van der Waals surface area (Å²) in [4.78, 5) is 32.2. The van der Waals surface area contributed by atoms with Crippen LogP contribution in [0.2, 0.25) is 0 Å². The number of rotatable bonds is 7. The summed E-state index contributed by atoms with van der Waals surface area (Å²) in [6.45, 7) is 3.86. The number of hydrogen-bond acceptors (Lipinski definition) is 4. The van der Waals surface area contributed by atoms with Crippen molar-refractivity contribution in [2.75, 3.05) is 6.61 Å². The molecular formula is C10H17NO6. The lowest BCUT2D eigenvalue weighted by Gasteiger charge is -2.14. The minimum atomic E-state index is -1.28. The second-order valence-corrected chi connectivity index (χ2v) is 3.96. The van der Waals surface area contributed by atoms with Gasteiger partial charge in [0.25, 0.3) is 0 Å². The molecule has 7 nitrogen and oxygen atoms in total. The average molecular weight is 247 g/mol. The van der Waals surface area contributed by atoms with Crippen LogP contribution in [0.5, 0.6) is 0 Å². The van der Waals surface area contributed by atoms with Crippen molar-refractivity contribution >= 4 is 18.0 Å². The first-order chi connectivity index (χ1) is 7.82. The second-order valence-electron chi connectivity index (χ2n) is 3.96. The van der Waals surface area contributed by atoms with Gasteiger partial charge >= 0.3 is 18.0 Å². The molecule has 98 valence electrons.